The Morgan fingerprint density at radius 2 is 1.87 bits per heavy atom. The summed E-state index contributed by atoms with van der Waals surface area (Å²) in [5.41, 5.74) is 0.818. The Morgan fingerprint density at radius 1 is 1.11 bits per heavy atom. The normalized spacial score (nSPS) is 31.4. The van der Waals surface area contributed by atoms with Gasteiger partial charge in [-0.15, -0.1) is 0 Å². The first-order valence-corrected chi connectivity index (χ1v) is 19.9. The SMILES string of the molecule is COC(=O)CCCN[C@H](C(=O)C[C@H]1CCC[C@@H]1CC[C@H]1CN[C@@H]2CCCS(=O)(=O)N1C2)[C@@H](c1ccc(Cl)cc1)C1CCOC(C)(C)C1. The van der Waals surface area contributed by atoms with Crippen LogP contribution in [0, 0.1) is 17.8 Å². The number of sulfonamides is 1. The largest absolute Gasteiger partial charge is 0.469 e. The van der Waals surface area contributed by atoms with Crippen molar-refractivity contribution in [2.45, 2.75) is 121 Å². The third-order valence-corrected chi connectivity index (χ3v) is 13.5. The van der Waals surface area contributed by atoms with Crippen LogP contribution in [0.1, 0.15) is 102 Å². The minimum Gasteiger partial charge on any atom is -0.469 e. The third-order valence-electron chi connectivity index (χ3n) is 11.3. The molecule has 3 heterocycles. The van der Waals surface area contributed by atoms with E-state index in [4.69, 9.17) is 21.1 Å². The van der Waals surface area contributed by atoms with E-state index in [-0.39, 0.29) is 52.9 Å². The molecule has 0 amide bonds. The van der Waals surface area contributed by atoms with E-state index in [1.54, 1.807) is 4.31 Å². The van der Waals surface area contributed by atoms with Gasteiger partial charge >= 0.3 is 5.97 Å². The van der Waals surface area contributed by atoms with Gasteiger partial charge in [0.1, 0.15) is 0 Å². The first kappa shape index (κ1) is 36.7. The van der Waals surface area contributed by atoms with Gasteiger partial charge in [0.15, 0.2) is 5.78 Å². The standard InChI is InChI=1S/C36H56ClN3O6S/c1-36(2)22-28(17-19-46-36)34(26-11-14-29(37)15-12-26)35(38-18-5-10-33(42)45-3)32(41)21-27-8-4-7-25(27)13-16-31-23-39-30-9-6-20-47(43,44)40(31)24-30/h11-12,14-15,25,27-28,30-31,34-35,38-39H,4-10,13,16-24H2,1-3H3/t25-,27-,28?,30-,31+,34+,35-/m1/s1. The molecule has 0 aromatic heterocycles. The molecule has 9 nitrogen and oxygen atoms in total. The lowest BCUT2D eigenvalue weighted by Gasteiger charge is -2.42. The summed E-state index contributed by atoms with van der Waals surface area (Å²) in [6.07, 6.45) is 9.70. The van der Waals surface area contributed by atoms with Crippen LogP contribution in [0.4, 0.5) is 0 Å². The van der Waals surface area contributed by atoms with Gasteiger partial charge < -0.3 is 20.1 Å². The number of carbonyl (C=O) groups excluding carboxylic acids is 2. The Bertz CT molecular complexity index is 1310. The second-order valence-electron chi connectivity index (χ2n) is 15.0. The van der Waals surface area contributed by atoms with E-state index >= 15 is 0 Å². The van der Waals surface area contributed by atoms with Crippen LogP contribution in [0.3, 0.4) is 0 Å². The van der Waals surface area contributed by atoms with Crippen LogP contribution < -0.4 is 10.6 Å². The van der Waals surface area contributed by atoms with Gasteiger partial charge in [-0.25, -0.2) is 8.42 Å². The fraction of sp³-hybridized carbons (Fsp3) is 0.778. The maximum atomic E-state index is 14.6. The number of hydrogen-bond donors (Lipinski definition) is 2. The van der Waals surface area contributed by atoms with Gasteiger partial charge in [-0.05, 0) is 107 Å². The van der Waals surface area contributed by atoms with E-state index in [1.807, 2.05) is 12.1 Å². The molecule has 0 radical (unpaired) electrons. The predicted molar refractivity (Wildman–Crippen MR) is 185 cm³/mol. The highest BCUT2D eigenvalue weighted by Gasteiger charge is 2.42. The lowest BCUT2D eigenvalue weighted by Crippen LogP contribution is -2.57. The fourth-order valence-electron chi connectivity index (χ4n) is 8.84. The molecule has 1 aliphatic carbocycles. The van der Waals surface area contributed by atoms with E-state index in [2.05, 4.69) is 36.6 Å². The fourth-order valence-corrected chi connectivity index (χ4v) is 10.8. The third kappa shape index (κ3) is 9.79. The minimum atomic E-state index is -3.22. The van der Waals surface area contributed by atoms with E-state index < -0.39 is 16.1 Å². The molecule has 1 aromatic rings. The highest BCUT2D eigenvalue weighted by molar-refractivity contribution is 7.89. The molecular weight excluding hydrogens is 638 g/mol. The van der Waals surface area contributed by atoms with Crippen molar-refractivity contribution >= 4 is 33.4 Å². The number of nitrogens with one attached hydrogen (secondary N) is 2. The molecule has 4 fully saturated rings. The monoisotopic (exact) mass is 693 g/mol. The molecule has 2 bridgehead atoms. The molecule has 264 valence electrons. The smallest absolute Gasteiger partial charge is 0.305 e. The van der Waals surface area contributed by atoms with Crippen molar-refractivity contribution in [1.82, 2.24) is 14.9 Å². The van der Waals surface area contributed by atoms with Gasteiger partial charge in [0.25, 0.3) is 0 Å². The lowest BCUT2D eigenvalue weighted by atomic mass is 9.71. The molecule has 2 N–H and O–H groups in total. The molecule has 1 saturated carbocycles. The number of hydrogen-bond acceptors (Lipinski definition) is 8. The molecule has 3 aliphatic heterocycles. The van der Waals surface area contributed by atoms with Gasteiger partial charge in [0.2, 0.25) is 10.0 Å². The quantitative estimate of drug-likeness (QED) is 0.195. The van der Waals surface area contributed by atoms with Crippen molar-refractivity contribution in [3.8, 4) is 0 Å². The number of halogens is 1. The van der Waals surface area contributed by atoms with E-state index in [1.165, 1.54) is 7.11 Å². The molecular formula is C36H56ClN3O6S. The Morgan fingerprint density at radius 3 is 2.62 bits per heavy atom. The lowest BCUT2D eigenvalue weighted by molar-refractivity contribution is -0.140. The van der Waals surface area contributed by atoms with E-state index in [0.717, 1.165) is 63.4 Å². The van der Waals surface area contributed by atoms with Crippen LogP contribution in [-0.4, -0.2) is 87.3 Å². The summed E-state index contributed by atoms with van der Waals surface area (Å²) < 4.78 is 38.8. The zero-order valence-electron chi connectivity index (χ0n) is 28.6. The van der Waals surface area contributed by atoms with Crippen LogP contribution in [0.5, 0.6) is 0 Å². The molecule has 11 heteroatoms. The summed E-state index contributed by atoms with van der Waals surface area (Å²) in [5.74, 6) is 1.08. The van der Waals surface area contributed by atoms with Crippen LogP contribution in [0.2, 0.25) is 5.02 Å². The van der Waals surface area contributed by atoms with Gasteiger partial charge in [-0.2, -0.15) is 4.31 Å². The molecule has 47 heavy (non-hydrogen) atoms. The Balaban J connectivity index is 1.32. The van der Waals surface area contributed by atoms with Gasteiger partial charge in [-0.3, -0.25) is 9.59 Å². The maximum Gasteiger partial charge on any atom is 0.305 e. The number of benzene rings is 1. The topological polar surface area (TPSA) is 114 Å². The zero-order valence-corrected chi connectivity index (χ0v) is 30.1. The van der Waals surface area contributed by atoms with Gasteiger partial charge in [0, 0.05) is 55.6 Å². The van der Waals surface area contributed by atoms with Crippen molar-refractivity contribution in [1.29, 1.82) is 0 Å². The molecule has 2 unspecified atom stereocenters. The number of fused-ring (bicyclic) bond motifs is 2. The van der Waals surface area contributed by atoms with Crippen molar-refractivity contribution in [2.75, 3.05) is 39.1 Å². The number of ether oxygens (including phenoxy) is 2. The molecule has 3 saturated heterocycles. The van der Waals surface area contributed by atoms with Crippen molar-refractivity contribution in [3.05, 3.63) is 34.9 Å². The highest BCUT2D eigenvalue weighted by Crippen LogP contribution is 2.43. The Labute approximate surface area is 287 Å². The van der Waals surface area contributed by atoms with Crippen molar-refractivity contribution in [2.24, 2.45) is 17.8 Å². The number of esters is 1. The molecule has 0 spiro atoms. The second-order valence-corrected chi connectivity index (χ2v) is 17.5. The van der Waals surface area contributed by atoms with Crippen LogP contribution in [0.15, 0.2) is 24.3 Å². The summed E-state index contributed by atoms with van der Waals surface area (Å²) in [6, 6.07) is 7.78. The summed E-state index contributed by atoms with van der Waals surface area (Å²) in [5, 5.41) is 7.90. The molecule has 4 aliphatic rings. The average molecular weight is 694 g/mol. The summed E-state index contributed by atoms with van der Waals surface area (Å²) in [6.45, 7) is 6.73. The summed E-state index contributed by atoms with van der Waals surface area (Å²) in [7, 11) is -1.82. The van der Waals surface area contributed by atoms with Crippen LogP contribution >= 0.6 is 11.6 Å². The first-order chi connectivity index (χ1) is 22.5. The first-order valence-electron chi connectivity index (χ1n) is 17.9. The van der Waals surface area contributed by atoms with Crippen LogP contribution in [-0.2, 0) is 29.1 Å². The molecule has 1 aromatic carbocycles. The van der Waals surface area contributed by atoms with E-state index in [9.17, 15) is 18.0 Å². The minimum absolute atomic E-state index is 0.0123. The zero-order chi connectivity index (χ0) is 33.6. The summed E-state index contributed by atoms with van der Waals surface area (Å²) in [4.78, 5) is 26.4. The van der Waals surface area contributed by atoms with Crippen LogP contribution in [0.25, 0.3) is 0 Å². The van der Waals surface area contributed by atoms with Gasteiger partial charge in [-0.1, -0.05) is 36.6 Å². The molecule has 8 atom stereocenters. The van der Waals surface area contributed by atoms with Crippen molar-refractivity contribution < 1.29 is 27.5 Å². The van der Waals surface area contributed by atoms with Gasteiger partial charge in [0.05, 0.1) is 24.5 Å². The number of Topliss-reactive ketones (excluding diaryl/α,β-unsaturated/α-hetero) is 1. The summed E-state index contributed by atoms with van der Waals surface area (Å²) >= 11 is 6.32. The number of carbonyl (C=O) groups is 2. The van der Waals surface area contributed by atoms with E-state index in [0.29, 0.717) is 56.4 Å². The molecule has 5 rings (SSSR count). The highest BCUT2D eigenvalue weighted by atomic mass is 35.5. The number of piperazine rings is 1. The second kappa shape index (κ2) is 16.4. The number of ketones is 1. The number of nitrogens with zero attached hydrogens (tertiary/aromatic N) is 1. The average Bonchev–Trinajstić information content (AvgIpc) is 3.43. The Kier molecular flexibility index (Phi) is 12.8. The maximum absolute atomic E-state index is 14.6. The number of rotatable bonds is 14. The number of methoxy groups -OCH3 is 1. The predicted octanol–water partition coefficient (Wildman–Crippen LogP) is 5.46. The Hall–Kier alpha value is -1.56. The van der Waals surface area contributed by atoms with Crippen molar-refractivity contribution in [3.63, 3.8) is 0 Å².